The van der Waals surface area contributed by atoms with E-state index in [1.807, 2.05) is 0 Å². The van der Waals surface area contributed by atoms with E-state index in [4.69, 9.17) is 14.3 Å². The average molecular weight is 435 g/mol. The zero-order valence-electron chi connectivity index (χ0n) is 19.6. The molecule has 0 spiro atoms. The quantitative estimate of drug-likeness (QED) is 0.125. The monoisotopic (exact) mass is 434 g/mol. The highest BCUT2D eigenvalue weighted by molar-refractivity contribution is 7.46. The molecule has 0 aromatic rings. The summed E-state index contributed by atoms with van der Waals surface area (Å²) in [6, 6.07) is 0. The summed E-state index contributed by atoms with van der Waals surface area (Å²) in [7, 11) is -4.37. The van der Waals surface area contributed by atoms with Crippen molar-refractivity contribution in [2.24, 2.45) is 0 Å². The zero-order chi connectivity index (χ0) is 21.6. The molecule has 0 amide bonds. The maximum absolute atomic E-state index is 11.2. The van der Waals surface area contributed by atoms with Crippen LogP contribution in [0.15, 0.2) is 0 Å². The minimum absolute atomic E-state index is 0.283. The second-order valence-electron chi connectivity index (χ2n) is 8.81. The minimum atomic E-state index is -4.37. The third-order valence-corrected chi connectivity index (χ3v) is 6.37. The normalized spacial score (nSPS) is 13.1. The Bertz CT molecular complexity index is 370. The molecule has 0 saturated carbocycles. The zero-order valence-corrected chi connectivity index (χ0v) is 20.5. The lowest BCUT2D eigenvalue weighted by molar-refractivity contribution is 0.115. The van der Waals surface area contributed by atoms with Gasteiger partial charge in [-0.25, -0.2) is 4.57 Å². The van der Waals surface area contributed by atoms with Gasteiger partial charge in [0.1, 0.15) is 0 Å². The minimum Gasteiger partial charge on any atom is -0.303 e. The fourth-order valence-electron chi connectivity index (χ4n) is 3.99. The molecule has 1 unspecified atom stereocenters. The molecule has 2 N–H and O–H groups in total. The summed E-state index contributed by atoms with van der Waals surface area (Å²) >= 11 is 0. The Kier molecular flexibility index (Phi) is 21.4. The molecule has 0 aliphatic carbocycles. The lowest BCUT2D eigenvalue weighted by Crippen LogP contribution is -2.11. The molecule has 0 heterocycles. The van der Waals surface area contributed by atoms with Gasteiger partial charge in [-0.2, -0.15) is 0 Å². The lowest BCUT2D eigenvalue weighted by Gasteiger charge is -2.18. The van der Waals surface area contributed by atoms with E-state index in [0.717, 1.165) is 38.5 Å². The van der Waals surface area contributed by atoms with Crippen molar-refractivity contribution in [2.75, 3.05) is 0 Å². The van der Waals surface area contributed by atoms with Gasteiger partial charge in [-0.15, -0.1) is 0 Å². The maximum atomic E-state index is 11.2. The van der Waals surface area contributed by atoms with Gasteiger partial charge in [0.05, 0.1) is 6.10 Å². The number of unbranched alkanes of at least 4 members (excludes halogenated alkanes) is 17. The molecular formula is C24H51O4P. The van der Waals surface area contributed by atoms with E-state index in [-0.39, 0.29) is 6.10 Å². The Morgan fingerprint density at radius 2 is 0.828 bits per heavy atom. The lowest BCUT2D eigenvalue weighted by atomic mass is 10.0. The Morgan fingerprint density at radius 1 is 0.552 bits per heavy atom. The van der Waals surface area contributed by atoms with Crippen molar-refractivity contribution in [2.45, 2.75) is 155 Å². The van der Waals surface area contributed by atoms with Crippen molar-refractivity contribution in [3.05, 3.63) is 0 Å². The number of rotatable bonds is 23. The van der Waals surface area contributed by atoms with Gasteiger partial charge in [0.15, 0.2) is 0 Å². The van der Waals surface area contributed by atoms with Crippen LogP contribution in [0.1, 0.15) is 149 Å². The summed E-state index contributed by atoms with van der Waals surface area (Å²) < 4.78 is 16.2. The second kappa shape index (κ2) is 21.3. The molecular weight excluding hydrogens is 383 g/mol. The first-order chi connectivity index (χ1) is 14.0. The van der Waals surface area contributed by atoms with Crippen LogP contribution >= 0.6 is 7.82 Å². The molecule has 0 rings (SSSR count). The summed E-state index contributed by atoms with van der Waals surface area (Å²) in [5, 5.41) is 0. The third kappa shape index (κ3) is 24.3. The number of hydrogen-bond acceptors (Lipinski definition) is 2. The van der Waals surface area contributed by atoms with Crippen LogP contribution in [0.4, 0.5) is 0 Å². The van der Waals surface area contributed by atoms with Crippen LogP contribution in [0, 0.1) is 0 Å². The Labute approximate surface area is 181 Å². The first-order valence-corrected chi connectivity index (χ1v) is 14.3. The van der Waals surface area contributed by atoms with E-state index in [1.165, 1.54) is 96.3 Å². The van der Waals surface area contributed by atoms with E-state index in [2.05, 4.69) is 13.8 Å². The summed E-state index contributed by atoms with van der Waals surface area (Å²) in [6.07, 6.45) is 25.7. The van der Waals surface area contributed by atoms with Crippen molar-refractivity contribution >= 4 is 7.82 Å². The fourth-order valence-corrected chi connectivity index (χ4v) is 4.59. The predicted molar refractivity (Wildman–Crippen MR) is 125 cm³/mol. The molecule has 0 saturated heterocycles. The van der Waals surface area contributed by atoms with Crippen LogP contribution in [0.25, 0.3) is 0 Å². The van der Waals surface area contributed by atoms with Crippen molar-refractivity contribution in [3.8, 4) is 0 Å². The van der Waals surface area contributed by atoms with Gasteiger partial charge in [-0.1, -0.05) is 136 Å². The van der Waals surface area contributed by atoms with Gasteiger partial charge in [-0.05, 0) is 12.8 Å². The van der Waals surface area contributed by atoms with E-state index in [9.17, 15) is 4.57 Å². The molecule has 0 radical (unpaired) electrons. The molecule has 0 bridgehead atoms. The number of phosphoric ester groups is 1. The first kappa shape index (κ1) is 29.1. The summed E-state index contributed by atoms with van der Waals surface area (Å²) in [6.45, 7) is 4.44. The Morgan fingerprint density at radius 3 is 1.14 bits per heavy atom. The number of phosphoric acid groups is 1. The highest BCUT2D eigenvalue weighted by Crippen LogP contribution is 2.39. The topological polar surface area (TPSA) is 66.8 Å². The molecule has 0 aliphatic rings. The standard InChI is InChI=1S/C24H51O4P/c1-3-5-7-9-10-11-12-13-14-15-16-17-18-19-21-23-24(28-29(25,26)27)22-20-8-6-4-2/h24H,3-23H2,1-2H3,(H2,25,26,27). The largest absolute Gasteiger partial charge is 0.469 e. The highest BCUT2D eigenvalue weighted by atomic mass is 31.2. The summed E-state index contributed by atoms with van der Waals surface area (Å²) in [5.41, 5.74) is 0. The Balaban J connectivity index is 3.51. The molecule has 0 fully saturated rings. The predicted octanol–water partition coefficient (Wildman–Crippen LogP) is 8.70. The van der Waals surface area contributed by atoms with Crippen LogP contribution in [0.2, 0.25) is 0 Å². The molecule has 4 nitrogen and oxygen atoms in total. The molecule has 5 heteroatoms. The van der Waals surface area contributed by atoms with Gasteiger partial charge >= 0.3 is 7.82 Å². The third-order valence-electron chi connectivity index (χ3n) is 5.80. The van der Waals surface area contributed by atoms with Crippen LogP contribution in [-0.2, 0) is 9.09 Å². The molecule has 0 aromatic heterocycles. The average Bonchev–Trinajstić information content (AvgIpc) is 2.67. The van der Waals surface area contributed by atoms with Gasteiger partial charge in [0.2, 0.25) is 0 Å². The Hall–Kier alpha value is 0.110. The molecule has 176 valence electrons. The van der Waals surface area contributed by atoms with E-state index in [1.54, 1.807) is 0 Å². The number of hydrogen-bond donors (Lipinski definition) is 2. The smallest absolute Gasteiger partial charge is 0.303 e. The van der Waals surface area contributed by atoms with Crippen LogP contribution in [-0.4, -0.2) is 15.9 Å². The molecule has 29 heavy (non-hydrogen) atoms. The molecule has 0 aromatic carbocycles. The second-order valence-corrected chi connectivity index (χ2v) is 10.00. The first-order valence-electron chi connectivity index (χ1n) is 12.7. The molecule has 1 atom stereocenters. The van der Waals surface area contributed by atoms with Crippen molar-refractivity contribution in [3.63, 3.8) is 0 Å². The molecule has 0 aliphatic heterocycles. The summed E-state index contributed by atoms with van der Waals surface area (Å²) in [5.74, 6) is 0. The van der Waals surface area contributed by atoms with Crippen molar-refractivity contribution < 1.29 is 18.9 Å². The maximum Gasteiger partial charge on any atom is 0.469 e. The van der Waals surface area contributed by atoms with Gasteiger partial charge in [0.25, 0.3) is 0 Å². The van der Waals surface area contributed by atoms with Gasteiger partial charge < -0.3 is 9.79 Å². The van der Waals surface area contributed by atoms with Gasteiger partial charge in [0, 0.05) is 0 Å². The van der Waals surface area contributed by atoms with E-state index >= 15 is 0 Å². The van der Waals surface area contributed by atoms with Crippen molar-refractivity contribution in [1.82, 2.24) is 0 Å². The van der Waals surface area contributed by atoms with E-state index < -0.39 is 7.82 Å². The highest BCUT2D eigenvalue weighted by Gasteiger charge is 2.21. The fraction of sp³-hybridized carbons (Fsp3) is 1.00. The van der Waals surface area contributed by atoms with Crippen LogP contribution in [0.5, 0.6) is 0 Å². The van der Waals surface area contributed by atoms with Crippen LogP contribution < -0.4 is 0 Å². The summed E-state index contributed by atoms with van der Waals surface area (Å²) in [4.78, 5) is 18.2. The SMILES string of the molecule is CCCCCCCCCCCCCCCCCC(CCCCCC)OP(=O)(O)O. The van der Waals surface area contributed by atoms with Gasteiger partial charge in [-0.3, -0.25) is 4.52 Å². The van der Waals surface area contributed by atoms with Crippen LogP contribution in [0.3, 0.4) is 0 Å². The van der Waals surface area contributed by atoms with Crippen molar-refractivity contribution in [1.29, 1.82) is 0 Å². The van der Waals surface area contributed by atoms with E-state index in [0.29, 0.717) is 0 Å².